The van der Waals surface area contributed by atoms with Gasteiger partial charge in [0.2, 0.25) is 0 Å². The molecular weight excluding hydrogens is 132 g/mol. The summed E-state index contributed by atoms with van der Waals surface area (Å²) in [6.45, 7) is 15.2. The fraction of sp³-hybridized carbons (Fsp3) is 0.818. The van der Waals surface area contributed by atoms with Gasteiger partial charge in [0.1, 0.15) is 0 Å². The first-order chi connectivity index (χ1) is 4.91. The standard InChI is InChI=1S/C6H14.C5H10/c1-5(2)6(3)4;1-4-5(2)3/h5-6H,1-4H3;4H,1-3H3. The van der Waals surface area contributed by atoms with E-state index in [9.17, 15) is 0 Å². The third-order valence-corrected chi connectivity index (χ3v) is 1.91. The first kappa shape index (κ1) is 13.3. The minimum absolute atomic E-state index is 0.852. The smallest absolute Gasteiger partial charge is 0.0442 e. The van der Waals surface area contributed by atoms with Crippen molar-refractivity contribution >= 4 is 0 Å². The van der Waals surface area contributed by atoms with Crippen LogP contribution in [0.4, 0.5) is 0 Å². The average Bonchev–Trinajstić information content (AvgIpc) is 1.89. The minimum atomic E-state index is 0.852. The van der Waals surface area contributed by atoms with Crippen molar-refractivity contribution in [2.24, 2.45) is 11.8 Å². The fourth-order valence-corrected chi connectivity index (χ4v) is 0. The Labute approximate surface area is 72.7 Å². The summed E-state index contributed by atoms with van der Waals surface area (Å²) in [7, 11) is 0. The van der Waals surface area contributed by atoms with E-state index in [1.54, 1.807) is 0 Å². The summed E-state index contributed by atoms with van der Waals surface area (Å²) in [4.78, 5) is 0. The van der Waals surface area contributed by atoms with Crippen LogP contribution in [0.3, 0.4) is 0 Å². The van der Waals surface area contributed by atoms with Crippen molar-refractivity contribution < 1.29 is 0 Å². The average molecular weight is 156 g/mol. The Bertz CT molecular complexity index is 86.6. The maximum absolute atomic E-state index is 2.24. The molecule has 0 bridgehead atoms. The lowest BCUT2D eigenvalue weighted by Crippen LogP contribution is -1.95. The molecule has 0 saturated heterocycles. The van der Waals surface area contributed by atoms with Gasteiger partial charge in [-0.2, -0.15) is 0 Å². The summed E-state index contributed by atoms with van der Waals surface area (Å²) in [5, 5.41) is 0. The normalized spacial score (nSPS) is 9.18. The second-order valence-corrected chi connectivity index (χ2v) is 3.85. The summed E-state index contributed by atoms with van der Waals surface area (Å²) in [5.41, 5.74) is 1.38. The monoisotopic (exact) mass is 156 g/mol. The first-order valence-corrected chi connectivity index (χ1v) is 4.51. The number of rotatable bonds is 1. The van der Waals surface area contributed by atoms with Gasteiger partial charge in [0.15, 0.2) is 0 Å². The SMILES string of the molecule is CC(C)C(C)C.CC=C(C)C. The van der Waals surface area contributed by atoms with Crippen molar-refractivity contribution in [1.29, 1.82) is 0 Å². The predicted molar refractivity (Wildman–Crippen MR) is 54.8 cm³/mol. The van der Waals surface area contributed by atoms with E-state index in [1.165, 1.54) is 5.57 Å². The molecule has 0 spiro atoms. The molecule has 0 fully saturated rings. The molecule has 68 valence electrons. The summed E-state index contributed by atoms with van der Waals surface area (Å²) in [5.74, 6) is 1.70. The summed E-state index contributed by atoms with van der Waals surface area (Å²) in [6.07, 6.45) is 2.08. The second kappa shape index (κ2) is 7.84. The van der Waals surface area contributed by atoms with Crippen LogP contribution in [0.2, 0.25) is 0 Å². The summed E-state index contributed by atoms with van der Waals surface area (Å²) in [6, 6.07) is 0. The number of hydrogen-bond donors (Lipinski definition) is 0. The van der Waals surface area contributed by atoms with Crippen molar-refractivity contribution in [1.82, 2.24) is 0 Å². The molecule has 0 aliphatic rings. The van der Waals surface area contributed by atoms with Gasteiger partial charge in [0, 0.05) is 0 Å². The Morgan fingerprint density at radius 2 is 1.09 bits per heavy atom. The first-order valence-electron chi connectivity index (χ1n) is 4.51. The van der Waals surface area contributed by atoms with Gasteiger partial charge >= 0.3 is 0 Å². The van der Waals surface area contributed by atoms with Crippen molar-refractivity contribution in [3.63, 3.8) is 0 Å². The fourth-order valence-electron chi connectivity index (χ4n) is 0. The number of allylic oxidation sites excluding steroid dienone is 2. The van der Waals surface area contributed by atoms with Crippen LogP contribution >= 0.6 is 0 Å². The molecule has 0 aliphatic carbocycles. The van der Waals surface area contributed by atoms with Crippen molar-refractivity contribution in [2.45, 2.75) is 48.5 Å². The highest BCUT2D eigenvalue weighted by Crippen LogP contribution is 2.05. The zero-order chi connectivity index (χ0) is 9.44. The quantitative estimate of drug-likeness (QED) is 0.497. The molecule has 0 saturated carbocycles. The molecule has 0 heterocycles. The Balaban J connectivity index is 0. The minimum Gasteiger partial charge on any atom is -0.0890 e. The van der Waals surface area contributed by atoms with Crippen LogP contribution in [0.15, 0.2) is 11.6 Å². The van der Waals surface area contributed by atoms with E-state index in [0.717, 1.165) is 11.8 Å². The molecule has 0 atom stereocenters. The van der Waals surface area contributed by atoms with Crippen LogP contribution in [0.1, 0.15) is 48.5 Å². The maximum Gasteiger partial charge on any atom is -0.0442 e. The summed E-state index contributed by atoms with van der Waals surface area (Å²) >= 11 is 0. The lowest BCUT2D eigenvalue weighted by molar-refractivity contribution is 0.457. The highest BCUT2D eigenvalue weighted by Gasteiger charge is 1.95. The highest BCUT2D eigenvalue weighted by atomic mass is 14.0. The molecule has 0 nitrogen and oxygen atoms in total. The van der Waals surface area contributed by atoms with Crippen molar-refractivity contribution in [3.05, 3.63) is 11.6 Å². The van der Waals surface area contributed by atoms with Crippen LogP contribution in [0.25, 0.3) is 0 Å². The van der Waals surface area contributed by atoms with E-state index in [0.29, 0.717) is 0 Å². The zero-order valence-corrected chi connectivity index (χ0v) is 9.23. The van der Waals surface area contributed by atoms with Crippen LogP contribution < -0.4 is 0 Å². The van der Waals surface area contributed by atoms with Gasteiger partial charge in [-0.1, -0.05) is 39.3 Å². The van der Waals surface area contributed by atoms with Crippen LogP contribution in [-0.4, -0.2) is 0 Å². The van der Waals surface area contributed by atoms with Crippen molar-refractivity contribution in [2.75, 3.05) is 0 Å². The van der Waals surface area contributed by atoms with Gasteiger partial charge in [-0.15, -0.1) is 0 Å². The molecule has 0 heteroatoms. The molecule has 0 rings (SSSR count). The second-order valence-electron chi connectivity index (χ2n) is 3.85. The number of hydrogen-bond acceptors (Lipinski definition) is 0. The lowest BCUT2D eigenvalue weighted by Gasteiger charge is -2.05. The van der Waals surface area contributed by atoms with Gasteiger partial charge in [-0.05, 0) is 32.6 Å². The van der Waals surface area contributed by atoms with Gasteiger partial charge in [-0.25, -0.2) is 0 Å². The van der Waals surface area contributed by atoms with E-state index < -0.39 is 0 Å². The van der Waals surface area contributed by atoms with E-state index >= 15 is 0 Å². The Morgan fingerprint density at radius 1 is 0.909 bits per heavy atom. The Kier molecular flexibility index (Phi) is 9.51. The van der Waals surface area contributed by atoms with Crippen LogP contribution in [-0.2, 0) is 0 Å². The molecule has 0 amide bonds. The molecule has 0 aromatic rings. The molecule has 0 aromatic carbocycles. The van der Waals surface area contributed by atoms with Gasteiger partial charge in [0.05, 0.1) is 0 Å². The van der Waals surface area contributed by atoms with Crippen LogP contribution in [0.5, 0.6) is 0 Å². The molecule has 0 radical (unpaired) electrons. The van der Waals surface area contributed by atoms with Crippen molar-refractivity contribution in [3.8, 4) is 0 Å². The summed E-state index contributed by atoms with van der Waals surface area (Å²) < 4.78 is 0. The lowest BCUT2D eigenvalue weighted by atomic mass is 10.0. The molecule has 11 heavy (non-hydrogen) atoms. The van der Waals surface area contributed by atoms with Crippen LogP contribution in [0, 0.1) is 11.8 Å². The zero-order valence-electron chi connectivity index (χ0n) is 9.23. The van der Waals surface area contributed by atoms with Gasteiger partial charge < -0.3 is 0 Å². The van der Waals surface area contributed by atoms with Gasteiger partial charge in [-0.3, -0.25) is 0 Å². The van der Waals surface area contributed by atoms with E-state index in [2.05, 4.69) is 47.6 Å². The Morgan fingerprint density at radius 3 is 1.09 bits per heavy atom. The predicted octanol–water partition coefficient (Wildman–Crippen LogP) is 4.27. The third kappa shape index (κ3) is 17.7. The highest BCUT2D eigenvalue weighted by molar-refractivity contribution is 4.88. The van der Waals surface area contributed by atoms with E-state index in [4.69, 9.17) is 0 Å². The molecular formula is C11H24. The molecule has 0 aliphatic heterocycles. The Hall–Kier alpha value is -0.260. The molecule has 0 unspecified atom stereocenters. The molecule has 0 aromatic heterocycles. The largest absolute Gasteiger partial charge is 0.0890 e. The van der Waals surface area contributed by atoms with E-state index in [-0.39, 0.29) is 0 Å². The van der Waals surface area contributed by atoms with E-state index in [1.807, 2.05) is 6.92 Å². The third-order valence-electron chi connectivity index (χ3n) is 1.91. The van der Waals surface area contributed by atoms with Gasteiger partial charge in [0.25, 0.3) is 0 Å². The maximum atomic E-state index is 2.24. The topological polar surface area (TPSA) is 0 Å². The molecule has 0 N–H and O–H groups in total.